The number of nitrogens with one attached hydrogen (secondary N) is 1. The molecule has 2 nitrogen and oxygen atoms in total. The summed E-state index contributed by atoms with van der Waals surface area (Å²) in [5.41, 5.74) is 1.46. The molecule has 0 radical (unpaired) electrons. The SMILES string of the molecule is Oc1ccc2ccccc2c1CNCc1ccccc1F. The van der Waals surface area contributed by atoms with Crippen LogP contribution in [0.4, 0.5) is 4.39 Å². The molecule has 3 aromatic carbocycles. The van der Waals surface area contributed by atoms with Crippen LogP contribution in [0.3, 0.4) is 0 Å². The molecule has 0 heterocycles. The molecule has 0 aliphatic heterocycles. The molecule has 0 saturated heterocycles. The van der Waals surface area contributed by atoms with E-state index in [0.717, 1.165) is 16.3 Å². The lowest BCUT2D eigenvalue weighted by Crippen LogP contribution is -2.14. The Morgan fingerprint density at radius 2 is 1.62 bits per heavy atom. The number of halogens is 1. The van der Waals surface area contributed by atoms with E-state index in [4.69, 9.17) is 0 Å². The number of fused-ring (bicyclic) bond motifs is 1. The molecule has 0 fully saturated rings. The summed E-state index contributed by atoms with van der Waals surface area (Å²) in [6.45, 7) is 0.914. The summed E-state index contributed by atoms with van der Waals surface area (Å²) >= 11 is 0. The smallest absolute Gasteiger partial charge is 0.127 e. The zero-order valence-electron chi connectivity index (χ0n) is 11.5. The molecule has 2 N–H and O–H groups in total. The van der Waals surface area contributed by atoms with Crippen LogP contribution in [0.25, 0.3) is 10.8 Å². The Hall–Kier alpha value is -2.39. The summed E-state index contributed by atoms with van der Waals surface area (Å²) in [5.74, 6) is 0.0434. The number of rotatable bonds is 4. The number of hydrogen-bond donors (Lipinski definition) is 2. The van der Waals surface area contributed by atoms with Crippen LogP contribution < -0.4 is 5.32 Å². The van der Waals surface area contributed by atoms with E-state index < -0.39 is 0 Å². The predicted octanol–water partition coefficient (Wildman–Crippen LogP) is 3.97. The third kappa shape index (κ3) is 2.88. The minimum atomic E-state index is -0.216. The van der Waals surface area contributed by atoms with E-state index in [1.165, 1.54) is 6.07 Å². The highest BCUT2D eigenvalue weighted by atomic mass is 19.1. The van der Waals surface area contributed by atoms with Crippen LogP contribution in [0.15, 0.2) is 60.7 Å². The average molecular weight is 281 g/mol. The third-order valence-corrected chi connectivity index (χ3v) is 3.59. The second-order valence-corrected chi connectivity index (χ2v) is 4.98. The van der Waals surface area contributed by atoms with Crippen molar-refractivity contribution in [3.8, 4) is 5.75 Å². The Balaban J connectivity index is 1.79. The van der Waals surface area contributed by atoms with Gasteiger partial charge in [-0.05, 0) is 22.9 Å². The number of aromatic hydroxyl groups is 1. The molecule has 21 heavy (non-hydrogen) atoms. The molecule has 3 aromatic rings. The summed E-state index contributed by atoms with van der Waals surface area (Å²) in [6.07, 6.45) is 0. The summed E-state index contributed by atoms with van der Waals surface area (Å²) in [7, 11) is 0. The van der Waals surface area contributed by atoms with E-state index >= 15 is 0 Å². The van der Waals surface area contributed by atoms with Gasteiger partial charge in [-0.2, -0.15) is 0 Å². The summed E-state index contributed by atoms with van der Waals surface area (Å²) in [5, 5.41) is 15.3. The van der Waals surface area contributed by atoms with E-state index in [1.807, 2.05) is 36.4 Å². The fraction of sp³-hybridized carbons (Fsp3) is 0.111. The van der Waals surface area contributed by atoms with Crippen molar-refractivity contribution in [1.82, 2.24) is 5.32 Å². The molecule has 0 atom stereocenters. The Kier molecular flexibility index (Phi) is 3.84. The second-order valence-electron chi connectivity index (χ2n) is 4.98. The lowest BCUT2D eigenvalue weighted by atomic mass is 10.0. The molecule has 0 spiro atoms. The fourth-order valence-corrected chi connectivity index (χ4v) is 2.47. The first kappa shape index (κ1) is 13.6. The van der Waals surface area contributed by atoms with E-state index in [0.29, 0.717) is 18.7 Å². The van der Waals surface area contributed by atoms with Crippen molar-refractivity contribution < 1.29 is 9.50 Å². The van der Waals surface area contributed by atoms with Crippen molar-refractivity contribution in [2.24, 2.45) is 0 Å². The summed E-state index contributed by atoms with van der Waals surface area (Å²) in [4.78, 5) is 0. The van der Waals surface area contributed by atoms with Gasteiger partial charge in [-0.1, -0.05) is 48.5 Å². The summed E-state index contributed by atoms with van der Waals surface area (Å²) in [6, 6.07) is 18.2. The third-order valence-electron chi connectivity index (χ3n) is 3.59. The standard InChI is InChI=1S/C18H16FNO/c19-17-8-4-2-6-14(17)11-20-12-16-15-7-3-1-5-13(15)9-10-18(16)21/h1-10,20-21H,11-12H2. The van der Waals surface area contributed by atoms with Crippen LogP contribution in [0.1, 0.15) is 11.1 Å². The van der Waals surface area contributed by atoms with Gasteiger partial charge < -0.3 is 10.4 Å². The highest BCUT2D eigenvalue weighted by Crippen LogP contribution is 2.26. The molecule has 0 aliphatic carbocycles. The van der Waals surface area contributed by atoms with Gasteiger partial charge in [0.1, 0.15) is 11.6 Å². The lowest BCUT2D eigenvalue weighted by Gasteiger charge is -2.11. The van der Waals surface area contributed by atoms with Gasteiger partial charge in [0.05, 0.1) is 0 Å². The van der Waals surface area contributed by atoms with Gasteiger partial charge >= 0.3 is 0 Å². The van der Waals surface area contributed by atoms with E-state index in [-0.39, 0.29) is 11.6 Å². The molecule has 106 valence electrons. The largest absolute Gasteiger partial charge is 0.508 e. The minimum absolute atomic E-state index is 0.216. The van der Waals surface area contributed by atoms with Crippen LogP contribution >= 0.6 is 0 Å². The topological polar surface area (TPSA) is 32.3 Å². The summed E-state index contributed by atoms with van der Waals surface area (Å²) < 4.78 is 13.6. The maximum Gasteiger partial charge on any atom is 0.127 e. The second kappa shape index (κ2) is 5.94. The quantitative estimate of drug-likeness (QED) is 0.758. The normalized spacial score (nSPS) is 10.9. The van der Waals surface area contributed by atoms with Crippen molar-refractivity contribution in [1.29, 1.82) is 0 Å². The van der Waals surface area contributed by atoms with E-state index in [9.17, 15) is 9.50 Å². The Bertz CT molecular complexity index is 770. The van der Waals surface area contributed by atoms with E-state index in [1.54, 1.807) is 18.2 Å². The number of phenolic OH excluding ortho intramolecular Hbond substituents is 1. The molecule has 0 saturated carbocycles. The molecule has 0 unspecified atom stereocenters. The average Bonchev–Trinajstić information content (AvgIpc) is 2.51. The van der Waals surface area contributed by atoms with Crippen molar-refractivity contribution >= 4 is 10.8 Å². The molecule has 0 amide bonds. The minimum Gasteiger partial charge on any atom is -0.508 e. The van der Waals surface area contributed by atoms with Gasteiger partial charge in [0.15, 0.2) is 0 Å². The fourth-order valence-electron chi connectivity index (χ4n) is 2.47. The molecule has 3 rings (SSSR count). The maximum absolute atomic E-state index is 13.6. The van der Waals surface area contributed by atoms with Gasteiger partial charge in [0.2, 0.25) is 0 Å². The van der Waals surface area contributed by atoms with Crippen LogP contribution in [0.2, 0.25) is 0 Å². The van der Waals surface area contributed by atoms with Crippen molar-refractivity contribution in [2.45, 2.75) is 13.1 Å². The van der Waals surface area contributed by atoms with Gasteiger partial charge in [-0.3, -0.25) is 0 Å². The predicted molar refractivity (Wildman–Crippen MR) is 82.6 cm³/mol. The zero-order valence-corrected chi connectivity index (χ0v) is 11.5. The number of benzene rings is 3. The highest BCUT2D eigenvalue weighted by molar-refractivity contribution is 5.87. The highest BCUT2D eigenvalue weighted by Gasteiger charge is 2.07. The van der Waals surface area contributed by atoms with Crippen molar-refractivity contribution in [2.75, 3.05) is 0 Å². The monoisotopic (exact) mass is 281 g/mol. The number of phenols is 1. The molecule has 0 aromatic heterocycles. The molecule has 0 bridgehead atoms. The van der Waals surface area contributed by atoms with E-state index in [2.05, 4.69) is 5.32 Å². The lowest BCUT2D eigenvalue weighted by molar-refractivity contribution is 0.465. The maximum atomic E-state index is 13.6. The molecular weight excluding hydrogens is 265 g/mol. The molecule has 3 heteroatoms. The molecule has 0 aliphatic rings. The van der Waals surface area contributed by atoms with Crippen molar-refractivity contribution in [3.63, 3.8) is 0 Å². The molecular formula is C18H16FNO. The first-order valence-corrected chi connectivity index (χ1v) is 6.89. The van der Waals surface area contributed by atoms with Crippen molar-refractivity contribution in [3.05, 3.63) is 77.6 Å². The van der Waals surface area contributed by atoms with Gasteiger partial charge in [0, 0.05) is 24.2 Å². The van der Waals surface area contributed by atoms with Crippen LogP contribution in [-0.4, -0.2) is 5.11 Å². The van der Waals surface area contributed by atoms with Crippen LogP contribution in [0, 0.1) is 5.82 Å². The first-order valence-electron chi connectivity index (χ1n) is 6.89. The zero-order chi connectivity index (χ0) is 14.7. The van der Waals surface area contributed by atoms with Crippen LogP contribution in [0.5, 0.6) is 5.75 Å². The van der Waals surface area contributed by atoms with Crippen LogP contribution in [-0.2, 0) is 13.1 Å². The Morgan fingerprint density at radius 1 is 0.857 bits per heavy atom. The first-order chi connectivity index (χ1) is 10.3. The number of hydrogen-bond acceptors (Lipinski definition) is 2. The van der Waals surface area contributed by atoms with Gasteiger partial charge in [-0.25, -0.2) is 4.39 Å². The van der Waals surface area contributed by atoms with Gasteiger partial charge in [-0.15, -0.1) is 0 Å². The van der Waals surface area contributed by atoms with Gasteiger partial charge in [0.25, 0.3) is 0 Å². The Labute approximate surface area is 122 Å². The Morgan fingerprint density at radius 3 is 2.48 bits per heavy atom.